The maximum Gasteiger partial charge on any atom is 0.418 e. The van der Waals surface area contributed by atoms with Crippen molar-refractivity contribution < 1.29 is 36.2 Å². The molecule has 0 spiro atoms. The summed E-state index contributed by atoms with van der Waals surface area (Å²) in [4.78, 5) is 18.0. The molecule has 1 aromatic carbocycles. The van der Waals surface area contributed by atoms with Crippen LogP contribution in [0.5, 0.6) is 11.5 Å². The summed E-state index contributed by atoms with van der Waals surface area (Å²) in [7, 11) is 2.36. The number of anilines is 1. The molecule has 220 valence electrons. The third-order valence-corrected chi connectivity index (χ3v) is 7.49. The second kappa shape index (κ2) is 13.0. The van der Waals surface area contributed by atoms with Crippen molar-refractivity contribution in [3.05, 3.63) is 47.8 Å². The predicted molar refractivity (Wildman–Crippen MR) is 145 cm³/mol. The fraction of sp³-hybridized carbons (Fsp3) is 0.462. The van der Waals surface area contributed by atoms with Crippen LogP contribution in [0.1, 0.15) is 12.0 Å². The van der Waals surface area contributed by atoms with Gasteiger partial charge in [0.15, 0.2) is 17.4 Å². The van der Waals surface area contributed by atoms with Gasteiger partial charge in [-0.2, -0.15) is 13.2 Å². The number of hydrogen-bond acceptors (Lipinski definition) is 5. The van der Waals surface area contributed by atoms with Gasteiger partial charge in [-0.15, -0.1) is 0 Å². The Labute approximate surface area is 230 Å². The lowest BCUT2D eigenvalue weighted by Crippen LogP contribution is -2.31. The van der Waals surface area contributed by atoms with E-state index in [2.05, 4.69) is 35.3 Å². The van der Waals surface area contributed by atoms with Gasteiger partial charge >= 0.3 is 12.2 Å². The van der Waals surface area contributed by atoms with E-state index in [4.69, 9.17) is 9.47 Å². The molecule has 40 heavy (non-hydrogen) atoms. The molecular weight excluding hydrogens is 553 g/mol. The van der Waals surface area contributed by atoms with Crippen LogP contribution < -0.4 is 15.4 Å². The Hall–Kier alpha value is -3.23. The van der Waals surface area contributed by atoms with E-state index >= 15 is 0 Å². The molecule has 0 unspecified atom stereocenters. The number of fused-ring (bicyclic) bond motifs is 1. The summed E-state index contributed by atoms with van der Waals surface area (Å²) < 4.78 is 83.8. The number of hydrogen-bond donors (Lipinski definition) is 2. The van der Waals surface area contributed by atoms with Gasteiger partial charge < -0.3 is 29.6 Å². The van der Waals surface area contributed by atoms with Crippen LogP contribution in [0.15, 0.2) is 30.6 Å². The van der Waals surface area contributed by atoms with Crippen molar-refractivity contribution in [2.24, 2.45) is 0 Å². The monoisotopic (exact) mass is 587 g/mol. The van der Waals surface area contributed by atoms with Crippen molar-refractivity contribution in [2.75, 3.05) is 39.1 Å². The molecule has 0 saturated heterocycles. The molecule has 3 rings (SSSR count). The molecule has 2 heterocycles. The lowest BCUT2D eigenvalue weighted by atomic mass is 10.2. The number of rotatable bonds is 12. The Bertz CT molecular complexity index is 1300. The zero-order chi connectivity index (χ0) is 29.7. The number of alkyl halides is 3. The highest BCUT2D eigenvalue weighted by Gasteiger charge is 2.37. The summed E-state index contributed by atoms with van der Waals surface area (Å²) in [6.07, 6.45) is -2.10. The Morgan fingerprint density at radius 1 is 1.15 bits per heavy atom. The number of urea groups is 1. The smallest absolute Gasteiger partial charge is 0.418 e. The van der Waals surface area contributed by atoms with Crippen molar-refractivity contribution in [1.29, 1.82) is 0 Å². The number of benzene rings is 1. The Kier molecular flexibility index (Phi) is 10.1. The maximum absolute atomic E-state index is 14.9. The maximum atomic E-state index is 14.9. The first kappa shape index (κ1) is 31.3. The number of aromatic nitrogens is 2. The molecule has 2 amide bonds. The van der Waals surface area contributed by atoms with E-state index in [1.807, 2.05) is 19.0 Å². The lowest BCUT2D eigenvalue weighted by Gasteiger charge is -2.15. The van der Waals surface area contributed by atoms with Crippen LogP contribution in [0.2, 0.25) is 25.7 Å². The normalized spacial score (nSPS) is 12.3. The van der Waals surface area contributed by atoms with Crippen LogP contribution in [0.25, 0.3) is 11.0 Å². The van der Waals surface area contributed by atoms with Crippen LogP contribution in [-0.4, -0.2) is 62.3 Å². The summed E-state index contributed by atoms with van der Waals surface area (Å²) in [6, 6.07) is 2.89. The first-order valence-electron chi connectivity index (χ1n) is 12.6. The summed E-state index contributed by atoms with van der Waals surface area (Å²) in [6.45, 7) is 7.72. The zero-order valence-electron chi connectivity index (χ0n) is 23.1. The second-order valence-corrected chi connectivity index (χ2v) is 16.4. The first-order valence-corrected chi connectivity index (χ1v) is 16.4. The number of ether oxygens (including phenoxy) is 2. The SMILES string of the molecule is CN(C)CCCNC(=O)Nc1cc(F)c(Oc2ccnc3c2c(C(F)(F)F)cn3COCC[Si](C)(C)C)c(F)c1. The van der Waals surface area contributed by atoms with E-state index in [9.17, 15) is 26.7 Å². The number of carbonyl (C=O) groups is 1. The van der Waals surface area contributed by atoms with Gasteiger partial charge in [0, 0.05) is 51.4 Å². The van der Waals surface area contributed by atoms with Gasteiger partial charge in [-0.05, 0) is 39.2 Å². The molecule has 2 aromatic heterocycles. The molecule has 0 aliphatic rings. The summed E-state index contributed by atoms with van der Waals surface area (Å²) >= 11 is 0. The fourth-order valence-corrected chi connectivity index (χ4v) is 4.49. The van der Waals surface area contributed by atoms with Gasteiger partial charge in [0.2, 0.25) is 0 Å². The van der Waals surface area contributed by atoms with Crippen LogP contribution in [0.3, 0.4) is 0 Å². The quantitative estimate of drug-likeness (QED) is 0.143. The molecule has 0 aliphatic heterocycles. The molecule has 14 heteroatoms. The molecule has 2 N–H and O–H groups in total. The van der Waals surface area contributed by atoms with Gasteiger partial charge in [-0.25, -0.2) is 18.6 Å². The van der Waals surface area contributed by atoms with E-state index < -0.39 is 54.4 Å². The largest absolute Gasteiger partial charge is 0.450 e. The van der Waals surface area contributed by atoms with Crippen LogP contribution in [-0.2, 0) is 17.6 Å². The number of pyridine rings is 1. The highest BCUT2D eigenvalue weighted by molar-refractivity contribution is 6.76. The average molecular weight is 588 g/mol. The number of carbonyl (C=O) groups excluding carboxylic acids is 1. The molecule has 0 fully saturated rings. The Balaban J connectivity index is 1.83. The fourth-order valence-electron chi connectivity index (χ4n) is 3.74. The van der Waals surface area contributed by atoms with Crippen molar-refractivity contribution in [3.8, 4) is 11.5 Å². The van der Waals surface area contributed by atoms with Crippen LogP contribution in [0, 0.1) is 11.6 Å². The van der Waals surface area contributed by atoms with E-state index in [1.165, 1.54) is 10.8 Å². The summed E-state index contributed by atoms with van der Waals surface area (Å²) in [5.41, 5.74) is -1.38. The second-order valence-electron chi connectivity index (χ2n) is 10.8. The number of nitrogens with one attached hydrogen (secondary N) is 2. The highest BCUT2D eigenvalue weighted by Crippen LogP contribution is 2.42. The molecule has 0 radical (unpaired) electrons. The summed E-state index contributed by atoms with van der Waals surface area (Å²) in [5, 5.41) is 4.44. The minimum absolute atomic E-state index is 0.108. The van der Waals surface area contributed by atoms with Crippen molar-refractivity contribution in [2.45, 2.75) is 45.0 Å². The van der Waals surface area contributed by atoms with Gasteiger partial charge in [0.05, 0.1) is 10.9 Å². The minimum atomic E-state index is -4.80. The van der Waals surface area contributed by atoms with E-state index in [-0.39, 0.29) is 18.1 Å². The first-order chi connectivity index (χ1) is 18.7. The average Bonchev–Trinajstić information content (AvgIpc) is 3.21. The van der Waals surface area contributed by atoms with E-state index in [0.29, 0.717) is 19.6 Å². The zero-order valence-corrected chi connectivity index (χ0v) is 24.1. The number of nitrogens with zero attached hydrogens (tertiary/aromatic N) is 3. The molecule has 0 aliphatic carbocycles. The molecule has 0 atom stereocenters. The lowest BCUT2D eigenvalue weighted by molar-refractivity contribution is -0.136. The van der Waals surface area contributed by atoms with Crippen LogP contribution in [0.4, 0.5) is 32.4 Å². The summed E-state index contributed by atoms with van der Waals surface area (Å²) in [5.74, 6) is -3.78. The van der Waals surface area contributed by atoms with Crippen LogP contribution >= 0.6 is 0 Å². The molecule has 8 nitrogen and oxygen atoms in total. The Morgan fingerprint density at radius 2 is 1.82 bits per heavy atom. The number of amides is 2. The van der Waals surface area contributed by atoms with Crippen molar-refractivity contribution in [1.82, 2.24) is 19.8 Å². The van der Waals surface area contributed by atoms with E-state index in [1.54, 1.807) is 0 Å². The topological polar surface area (TPSA) is 80.7 Å². The molecule has 3 aromatic rings. The van der Waals surface area contributed by atoms with Gasteiger partial charge in [0.1, 0.15) is 18.1 Å². The standard InChI is InChI=1S/C26H34F5N5O3Si/c1-35(2)10-6-8-33-25(37)34-17-13-19(27)23(20(28)14-17)39-21-7-9-32-24-22(21)18(26(29,30)31)15-36(24)16-38-11-12-40(3,4)5/h7,9,13-15H,6,8,10-12,16H2,1-5H3,(H2,33,34,37). The highest BCUT2D eigenvalue weighted by atomic mass is 28.3. The minimum Gasteiger partial charge on any atom is -0.450 e. The van der Waals surface area contributed by atoms with Gasteiger partial charge in [-0.3, -0.25) is 0 Å². The van der Waals surface area contributed by atoms with Crippen molar-refractivity contribution >= 4 is 30.8 Å². The molecule has 0 saturated carbocycles. The van der Waals surface area contributed by atoms with Crippen molar-refractivity contribution in [3.63, 3.8) is 0 Å². The third-order valence-electron chi connectivity index (χ3n) is 5.79. The number of halogens is 5. The molecule has 0 bridgehead atoms. The Morgan fingerprint density at radius 3 is 2.42 bits per heavy atom. The predicted octanol–water partition coefficient (Wildman–Crippen LogP) is 6.51. The molecular formula is C26H34F5N5O3Si. The van der Waals surface area contributed by atoms with Gasteiger partial charge in [-0.1, -0.05) is 19.6 Å². The van der Waals surface area contributed by atoms with E-state index in [0.717, 1.165) is 37.0 Å². The van der Waals surface area contributed by atoms with Gasteiger partial charge in [0.25, 0.3) is 0 Å². The third kappa shape index (κ3) is 8.63.